The number of carbonyl (C=O) groups excluding carboxylic acids is 1. The van der Waals surface area contributed by atoms with Gasteiger partial charge in [0.15, 0.2) is 6.29 Å². The van der Waals surface area contributed by atoms with Crippen LogP contribution in [0.5, 0.6) is 5.75 Å². The topological polar surface area (TPSA) is 169 Å². The number of thioether (sulfide) groups is 1. The normalized spacial score (nSPS) is 17.1. The number of tetrazole rings is 1. The highest BCUT2D eigenvalue weighted by Crippen LogP contribution is 2.40. The fourth-order valence-electron chi connectivity index (χ4n) is 6.01. The number of carboxylic acid groups (broad SMARTS) is 1. The third-order valence-corrected chi connectivity index (χ3v) is 9.88. The van der Waals surface area contributed by atoms with E-state index in [9.17, 15) is 19.8 Å². The monoisotopic (exact) mass is 723 g/mol. The van der Waals surface area contributed by atoms with E-state index in [2.05, 4.69) is 20.8 Å². The van der Waals surface area contributed by atoms with Crippen molar-refractivity contribution in [2.24, 2.45) is 0 Å². The van der Waals surface area contributed by atoms with Crippen LogP contribution in [0.2, 0.25) is 0 Å². The predicted octanol–water partition coefficient (Wildman–Crippen LogP) is 6.52. The highest BCUT2D eigenvalue weighted by atomic mass is 32.2. The van der Waals surface area contributed by atoms with Crippen LogP contribution in [0.3, 0.4) is 0 Å². The molecule has 1 aromatic heterocycles. The molecule has 1 aliphatic heterocycles. The van der Waals surface area contributed by atoms with Crippen molar-refractivity contribution in [3.8, 4) is 22.6 Å². The number of hydrogen-bond donors (Lipinski definition) is 4. The minimum absolute atomic E-state index is 0.0371. The van der Waals surface area contributed by atoms with Crippen LogP contribution in [0.4, 0.5) is 0 Å². The molecule has 4 aromatic carbocycles. The number of hydrogen-bond acceptors (Lipinski definition) is 10. The molecule has 13 heteroatoms. The Hall–Kier alpha value is -5.08. The number of phenolic OH excluding ortho intramolecular Hbond substituents is 1. The smallest absolute Gasteiger partial charge is 0.303 e. The van der Waals surface area contributed by atoms with Crippen molar-refractivity contribution in [3.63, 3.8) is 0 Å². The van der Waals surface area contributed by atoms with Crippen molar-refractivity contribution in [3.05, 3.63) is 119 Å². The van der Waals surface area contributed by atoms with Crippen molar-refractivity contribution in [1.82, 2.24) is 25.5 Å². The van der Waals surface area contributed by atoms with Crippen LogP contribution in [0, 0.1) is 0 Å². The van der Waals surface area contributed by atoms with Gasteiger partial charge in [-0.2, -0.15) is 4.68 Å². The molecule has 0 spiro atoms. The molecule has 1 saturated heterocycles. The Morgan fingerprint density at radius 2 is 1.60 bits per heavy atom. The van der Waals surface area contributed by atoms with Crippen LogP contribution in [0.1, 0.15) is 73.2 Å². The zero-order valence-corrected chi connectivity index (χ0v) is 29.3. The van der Waals surface area contributed by atoms with Crippen LogP contribution >= 0.6 is 11.8 Å². The fourth-order valence-corrected chi connectivity index (χ4v) is 6.92. The van der Waals surface area contributed by atoms with Crippen molar-refractivity contribution >= 4 is 23.6 Å². The molecular weight excluding hydrogens is 683 g/mol. The van der Waals surface area contributed by atoms with E-state index in [4.69, 9.17) is 14.6 Å². The number of amides is 1. The number of unbranched alkanes of at least 4 members (excludes halogenated alkanes) is 2. The summed E-state index contributed by atoms with van der Waals surface area (Å²) in [6.07, 6.45) is 1.90. The first-order valence-electron chi connectivity index (χ1n) is 17.2. The molecular formula is C39H41N5O7S. The lowest BCUT2D eigenvalue weighted by Crippen LogP contribution is -2.31. The van der Waals surface area contributed by atoms with Gasteiger partial charge in [-0.25, -0.2) is 0 Å². The van der Waals surface area contributed by atoms with Crippen molar-refractivity contribution in [2.45, 2.75) is 75.3 Å². The molecule has 0 aliphatic carbocycles. The second kappa shape index (κ2) is 17.9. The van der Waals surface area contributed by atoms with Crippen LogP contribution in [0.15, 0.2) is 102 Å². The summed E-state index contributed by atoms with van der Waals surface area (Å²) in [5, 5.41) is 43.9. The number of aromatic nitrogens is 4. The van der Waals surface area contributed by atoms with Crippen molar-refractivity contribution < 1.29 is 34.4 Å². The Bertz CT molecular complexity index is 1920. The minimum atomic E-state index is -0.815. The number of nitrogens with one attached hydrogen (secondary N) is 1. The number of aromatic hydroxyl groups is 1. The Morgan fingerprint density at radius 1 is 0.865 bits per heavy atom. The number of aliphatic carboxylic acids is 1. The number of phenols is 1. The summed E-state index contributed by atoms with van der Waals surface area (Å²) in [5.74, 6) is -0.156. The van der Waals surface area contributed by atoms with E-state index >= 15 is 0 Å². The maximum absolute atomic E-state index is 12.5. The number of rotatable bonds is 16. The lowest BCUT2D eigenvalue weighted by atomic mass is 9.97. The van der Waals surface area contributed by atoms with Gasteiger partial charge in [-0.05, 0) is 75.4 Å². The fraction of sp³-hybridized carbons (Fsp3) is 0.308. The second-order valence-corrected chi connectivity index (χ2v) is 13.5. The number of carbonyl (C=O) groups is 2. The first-order chi connectivity index (χ1) is 25.4. The van der Waals surface area contributed by atoms with E-state index in [-0.39, 0.29) is 36.9 Å². The van der Waals surface area contributed by atoms with Gasteiger partial charge in [0.1, 0.15) is 5.75 Å². The Kier molecular flexibility index (Phi) is 12.6. The van der Waals surface area contributed by atoms with Gasteiger partial charge in [0, 0.05) is 37.1 Å². The maximum atomic E-state index is 12.5. The van der Waals surface area contributed by atoms with E-state index in [1.165, 1.54) is 11.8 Å². The highest BCUT2D eigenvalue weighted by molar-refractivity contribution is 7.99. The average molecular weight is 724 g/mol. The van der Waals surface area contributed by atoms with Gasteiger partial charge in [0.2, 0.25) is 11.1 Å². The first-order valence-corrected chi connectivity index (χ1v) is 18.2. The number of ether oxygens (including phenoxy) is 2. The molecule has 52 heavy (non-hydrogen) atoms. The van der Waals surface area contributed by atoms with Crippen LogP contribution in [-0.2, 0) is 32.2 Å². The molecule has 1 aliphatic rings. The number of aliphatic hydroxyl groups excluding tert-OH is 1. The van der Waals surface area contributed by atoms with Gasteiger partial charge in [-0.3, -0.25) is 9.59 Å². The van der Waals surface area contributed by atoms with Gasteiger partial charge in [0.05, 0.1) is 24.5 Å². The Morgan fingerprint density at radius 3 is 2.35 bits per heavy atom. The molecule has 4 N–H and O–H groups in total. The third kappa shape index (κ3) is 9.82. The molecule has 12 nitrogen and oxygen atoms in total. The highest BCUT2D eigenvalue weighted by Gasteiger charge is 2.33. The second-order valence-electron chi connectivity index (χ2n) is 12.6. The molecule has 270 valence electrons. The molecule has 6 rings (SSSR count). The molecule has 1 fully saturated rings. The van der Waals surface area contributed by atoms with Crippen molar-refractivity contribution in [2.75, 3.05) is 5.75 Å². The minimum Gasteiger partial charge on any atom is -0.508 e. The quantitative estimate of drug-likeness (QED) is 0.0646. The molecule has 2 heterocycles. The zero-order valence-electron chi connectivity index (χ0n) is 28.5. The predicted molar refractivity (Wildman–Crippen MR) is 194 cm³/mol. The molecule has 1 amide bonds. The molecule has 0 radical (unpaired) electrons. The summed E-state index contributed by atoms with van der Waals surface area (Å²) in [6.45, 7) is 0.345. The van der Waals surface area contributed by atoms with Gasteiger partial charge >= 0.3 is 5.97 Å². The summed E-state index contributed by atoms with van der Waals surface area (Å²) >= 11 is 1.47. The molecule has 3 atom stereocenters. The van der Waals surface area contributed by atoms with Crippen molar-refractivity contribution in [1.29, 1.82) is 0 Å². The number of benzene rings is 4. The summed E-state index contributed by atoms with van der Waals surface area (Å²) < 4.78 is 14.7. The lowest BCUT2D eigenvalue weighted by molar-refractivity contribution is -0.245. The summed E-state index contributed by atoms with van der Waals surface area (Å²) in [6, 6.07) is 30.4. The van der Waals surface area contributed by atoms with E-state index in [1.54, 1.807) is 28.9 Å². The standard InChI is InChI=1S/C39H41N5O7S/c45-24-26-10-12-28(13-11-26)35-22-33(25-52-39-41-42-43-44(39)31-18-20-32(46)21-19-31)50-38(51-35)29-16-14-27(15-17-29)34-7-5-4-6-30(34)23-40-36(47)8-2-1-3-9-37(48)49/h4-7,10-21,33,35,38,45-46H,1-3,8-9,22-25H2,(H,40,47)(H,48,49)/t33-,35+,38+/m0/s1. The van der Waals surface area contributed by atoms with E-state index in [0.29, 0.717) is 49.6 Å². The average Bonchev–Trinajstić information content (AvgIpc) is 3.65. The SMILES string of the molecule is O=C(O)CCCCCC(=O)NCc1ccccc1-c1ccc([C@@H]2O[C@H](CSc3nnnn3-c3ccc(O)cc3)C[C@H](c3ccc(CO)cc3)O2)cc1. The number of carboxylic acids is 1. The van der Waals surface area contributed by atoms with Crippen LogP contribution in [0.25, 0.3) is 16.8 Å². The molecule has 5 aromatic rings. The van der Waals surface area contributed by atoms with Gasteiger partial charge < -0.3 is 30.1 Å². The first kappa shape index (κ1) is 36.7. The summed E-state index contributed by atoms with van der Waals surface area (Å²) in [4.78, 5) is 23.2. The number of nitrogens with zero attached hydrogens (tertiary/aromatic N) is 4. The summed E-state index contributed by atoms with van der Waals surface area (Å²) in [7, 11) is 0. The van der Waals surface area contributed by atoms with E-state index < -0.39 is 12.3 Å². The van der Waals surface area contributed by atoms with E-state index in [1.807, 2.05) is 72.8 Å². The van der Waals surface area contributed by atoms with Gasteiger partial charge in [-0.1, -0.05) is 91.0 Å². The van der Waals surface area contributed by atoms with Crippen LogP contribution < -0.4 is 5.32 Å². The van der Waals surface area contributed by atoms with E-state index in [0.717, 1.165) is 39.1 Å². The summed E-state index contributed by atoms with van der Waals surface area (Å²) in [5.41, 5.74) is 6.38. The molecule has 0 saturated carbocycles. The van der Waals surface area contributed by atoms with Gasteiger partial charge in [-0.15, -0.1) is 5.10 Å². The Labute approximate surface area is 305 Å². The van der Waals surface area contributed by atoms with Gasteiger partial charge in [0.25, 0.3) is 0 Å². The third-order valence-electron chi connectivity index (χ3n) is 8.83. The maximum Gasteiger partial charge on any atom is 0.303 e. The molecule has 0 bridgehead atoms. The molecule has 0 unspecified atom stereocenters. The largest absolute Gasteiger partial charge is 0.508 e. The zero-order chi connectivity index (χ0) is 36.3. The Balaban J connectivity index is 1.14. The van der Waals surface area contributed by atoms with Crippen LogP contribution in [-0.4, -0.2) is 59.3 Å². The lowest BCUT2D eigenvalue weighted by Gasteiger charge is -2.36. The number of aliphatic hydroxyl groups is 1.